The molecule has 0 saturated heterocycles. The van der Waals surface area contributed by atoms with Gasteiger partial charge in [0.05, 0.1) is 6.61 Å². The largest absolute Gasteiger partial charge is 0.466 e. The predicted molar refractivity (Wildman–Crippen MR) is 115 cm³/mol. The summed E-state index contributed by atoms with van der Waals surface area (Å²) < 4.78 is 10.4. The summed E-state index contributed by atoms with van der Waals surface area (Å²) in [4.78, 5) is 34.4. The second-order valence-corrected chi connectivity index (χ2v) is 8.34. The van der Waals surface area contributed by atoms with Gasteiger partial charge in [-0.05, 0) is 57.8 Å². The highest BCUT2D eigenvalue weighted by Gasteiger charge is 2.17. The molecule has 2 atom stereocenters. The van der Waals surface area contributed by atoms with Crippen molar-refractivity contribution < 1.29 is 23.9 Å². The van der Waals surface area contributed by atoms with Crippen LogP contribution in [0.5, 0.6) is 0 Å². The molecule has 0 radical (unpaired) electrons. The SMILES string of the molecule is CCOC(=O)CCCCCCC(CCCC(CCCC(C)C)OC(C)=O)C(N)=O. The molecule has 170 valence electrons. The average Bonchev–Trinajstić information content (AvgIpc) is 2.61. The summed E-state index contributed by atoms with van der Waals surface area (Å²) >= 11 is 0. The minimum absolute atomic E-state index is 0.0670. The van der Waals surface area contributed by atoms with Crippen LogP contribution in [0.15, 0.2) is 0 Å². The minimum atomic E-state index is -0.250. The van der Waals surface area contributed by atoms with Crippen LogP contribution in [0.3, 0.4) is 0 Å². The van der Waals surface area contributed by atoms with Crippen molar-refractivity contribution in [3.05, 3.63) is 0 Å². The van der Waals surface area contributed by atoms with Crippen molar-refractivity contribution in [3.63, 3.8) is 0 Å². The summed E-state index contributed by atoms with van der Waals surface area (Å²) in [6.07, 6.45) is 10.2. The van der Waals surface area contributed by atoms with E-state index in [0.717, 1.165) is 70.6 Å². The normalized spacial score (nSPS) is 13.1. The number of nitrogens with two attached hydrogens (primary N) is 1. The minimum Gasteiger partial charge on any atom is -0.466 e. The highest BCUT2D eigenvalue weighted by Crippen LogP contribution is 2.21. The van der Waals surface area contributed by atoms with Crippen LogP contribution in [0.4, 0.5) is 0 Å². The number of primary amides is 1. The molecule has 1 amide bonds. The molecule has 0 heterocycles. The van der Waals surface area contributed by atoms with Crippen LogP contribution in [0.2, 0.25) is 0 Å². The van der Waals surface area contributed by atoms with E-state index in [-0.39, 0.29) is 29.9 Å². The molecular weight excluding hydrogens is 370 g/mol. The molecule has 2 unspecified atom stereocenters. The van der Waals surface area contributed by atoms with Gasteiger partial charge in [0, 0.05) is 19.3 Å². The van der Waals surface area contributed by atoms with E-state index in [2.05, 4.69) is 13.8 Å². The molecule has 2 N–H and O–H groups in total. The maximum Gasteiger partial charge on any atom is 0.305 e. The quantitative estimate of drug-likeness (QED) is 0.254. The Morgan fingerprint density at radius 2 is 1.41 bits per heavy atom. The molecule has 6 nitrogen and oxygen atoms in total. The van der Waals surface area contributed by atoms with Gasteiger partial charge in [-0.2, -0.15) is 0 Å². The van der Waals surface area contributed by atoms with Gasteiger partial charge >= 0.3 is 11.9 Å². The topological polar surface area (TPSA) is 95.7 Å². The zero-order chi connectivity index (χ0) is 22.1. The maximum absolute atomic E-state index is 11.8. The van der Waals surface area contributed by atoms with Gasteiger partial charge < -0.3 is 15.2 Å². The Hall–Kier alpha value is -1.59. The lowest BCUT2D eigenvalue weighted by atomic mass is 9.93. The second-order valence-electron chi connectivity index (χ2n) is 8.34. The standard InChI is InChI=1S/C23H43NO5/c1-5-28-22(26)17-9-7-6-8-13-20(23(24)27)14-11-16-21(29-19(4)25)15-10-12-18(2)3/h18,20-21H,5-17H2,1-4H3,(H2,24,27). The molecule has 0 fully saturated rings. The Balaban J connectivity index is 4.11. The van der Waals surface area contributed by atoms with Crippen LogP contribution in [-0.4, -0.2) is 30.6 Å². The smallest absolute Gasteiger partial charge is 0.305 e. The highest BCUT2D eigenvalue weighted by atomic mass is 16.5. The van der Waals surface area contributed by atoms with Gasteiger partial charge in [0.25, 0.3) is 0 Å². The van der Waals surface area contributed by atoms with Gasteiger partial charge in [0.2, 0.25) is 5.91 Å². The number of esters is 2. The number of amides is 1. The zero-order valence-corrected chi connectivity index (χ0v) is 19.0. The van der Waals surface area contributed by atoms with Gasteiger partial charge in [-0.25, -0.2) is 0 Å². The summed E-state index contributed by atoms with van der Waals surface area (Å²) in [7, 11) is 0. The van der Waals surface area contributed by atoms with E-state index in [1.165, 1.54) is 6.92 Å². The predicted octanol–water partition coefficient (Wildman–Crippen LogP) is 4.92. The van der Waals surface area contributed by atoms with Crippen LogP contribution in [0.25, 0.3) is 0 Å². The number of unbranched alkanes of at least 4 members (excludes halogenated alkanes) is 3. The molecule has 0 bridgehead atoms. The number of hydrogen-bond donors (Lipinski definition) is 1. The Bertz CT molecular complexity index is 464. The van der Waals surface area contributed by atoms with E-state index in [0.29, 0.717) is 18.9 Å². The van der Waals surface area contributed by atoms with Gasteiger partial charge in [0.1, 0.15) is 6.10 Å². The van der Waals surface area contributed by atoms with Crippen molar-refractivity contribution in [2.75, 3.05) is 6.61 Å². The molecular formula is C23H43NO5. The molecule has 0 spiro atoms. The van der Waals surface area contributed by atoms with Crippen LogP contribution >= 0.6 is 0 Å². The molecule has 29 heavy (non-hydrogen) atoms. The first-order valence-corrected chi connectivity index (χ1v) is 11.4. The molecule has 0 aliphatic rings. The fourth-order valence-corrected chi connectivity index (χ4v) is 3.52. The molecule has 0 aromatic rings. The Morgan fingerprint density at radius 1 is 0.828 bits per heavy atom. The lowest BCUT2D eigenvalue weighted by Gasteiger charge is -2.19. The van der Waals surface area contributed by atoms with E-state index in [1.54, 1.807) is 0 Å². The number of hydrogen-bond acceptors (Lipinski definition) is 5. The van der Waals surface area contributed by atoms with Crippen molar-refractivity contribution in [2.45, 2.75) is 111 Å². The van der Waals surface area contributed by atoms with E-state index < -0.39 is 0 Å². The lowest BCUT2D eigenvalue weighted by Crippen LogP contribution is -2.24. The third kappa shape index (κ3) is 17.0. The highest BCUT2D eigenvalue weighted by molar-refractivity contribution is 5.76. The number of rotatable bonds is 18. The molecule has 6 heteroatoms. The maximum atomic E-state index is 11.8. The molecule has 0 aromatic carbocycles. The fourth-order valence-electron chi connectivity index (χ4n) is 3.52. The Labute approximate surface area is 177 Å². The van der Waals surface area contributed by atoms with Gasteiger partial charge in [-0.3, -0.25) is 14.4 Å². The van der Waals surface area contributed by atoms with Gasteiger partial charge in [0.15, 0.2) is 0 Å². The van der Waals surface area contributed by atoms with Crippen LogP contribution in [0.1, 0.15) is 105 Å². The molecule has 0 rings (SSSR count). The lowest BCUT2D eigenvalue weighted by molar-refractivity contribution is -0.147. The van der Waals surface area contributed by atoms with Crippen LogP contribution in [0, 0.1) is 11.8 Å². The van der Waals surface area contributed by atoms with Gasteiger partial charge in [-0.1, -0.05) is 39.5 Å². The van der Waals surface area contributed by atoms with E-state index >= 15 is 0 Å². The number of carbonyl (C=O) groups is 3. The summed E-state index contributed by atoms with van der Waals surface area (Å²) in [5.41, 5.74) is 5.58. The summed E-state index contributed by atoms with van der Waals surface area (Å²) in [5.74, 6) is -0.120. The average molecular weight is 414 g/mol. The zero-order valence-electron chi connectivity index (χ0n) is 19.0. The van der Waals surface area contributed by atoms with E-state index in [1.807, 2.05) is 6.92 Å². The molecule has 0 aliphatic heterocycles. The first-order valence-electron chi connectivity index (χ1n) is 11.4. The third-order valence-corrected chi connectivity index (χ3v) is 5.11. The van der Waals surface area contributed by atoms with Crippen molar-refractivity contribution in [1.82, 2.24) is 0 Å². The van der Waals surface area contributed by atoms with Crippen LogP contribution in [-0.2, 0) is 23.9 Å². The second kappa shape index (κ2) is 17.3. The van der Waals surface area contributed by atoms with E-state index in [4.69, 9.17) is 15.2 Å². The van der Waals surface area contributed by atoms with Crippen molar-refractivity contribution >= 4 is 17.8 Å². The summed E-state index contributed by atoms with van der Waals surface area (Å²) in [6.45, 7) is 8.06. The number of ether oxygens (including phenoxy) is 2. The molecule has 0 aromatic heterocycles. The summed E-state index contributed by atoms with van der Waals surface area (Å²) in [6, 6.07) is 0. The Kier molecular flexibility index (Phi) is 16.3. The van der Waals surface area contributed by atoms with E-state index in [9.17, 15) is 14.4 Å². The molecule has 0 aliphatic carbocycles. The summed E-state index contributed by atoms with van der Waals surface area (Å²) in [5, 5.41) is 0. The third-order valence-electron chi connectivity index (χ3n) is 5.11. The van der Waals surface area contributed by atoms with Crippen molar-refractivity contribution in [1.29, 1.82) is 0 Å². The van der Waals surface area contributed by atoms with Crippen molar-refractivity contribution in [3.8, 4) is 0 Å². The molecule has 0 saturated carbocycles. The number of carbonyl (C=O) groups excluding carboxylic acids is 3. The first-order chi connectivity index (χ1) is 13.8. The Morgan fingerprint density at radius 3 is 1.97 bits per heavy atom. The van der Waals surface area contributed by atoms with Crippen molar-refractivity contribution in [2.24, 2.45) is 17.6 Å². The fraction of sp³-hybridized carbons (Fsp3) is 0.870. The van der Waals surface area contributed by atoms with Crippen LogP contribution < -0.4 is 5.73 Å². The first kappa shape index (κ1) is 27.4. The monoisotopic (exact) mass is 413 g/mol. The van der Waals surface area contributed by atoms with Gasteiger partial charge in [-0.15, -0.1) is 0 Å².